The summed E-state index contributed by atoms with van der Waals surface area (Å²) in [4.78, 5) is 14.0. The number of hydrogen-bond acceptors (Lipinski definition) is 3. The highest BCUT2D eigenvalue weighted by atomic mass is 16.6. The van der Waals surface area contributed by atoms with E-state index in [4.69, 9.17) is 9.47 Å². The Morgan fingerprint density at radius 2 is 1.75 bits per heavy atom. The Balaban J connectivity index is 1.32. The number of rotatable bonds is 6. The van der Waals surface area contributed by atoms with Crippen LogP contribution in [-0.4, -0.2) is 23.6 Å². The molecule has 1 saturated heterocycles. The summed E-state index contributed by atoms with van der Waals surface area (Å²) in [5, 5.41) is 0. The zero-order chi connectivity index (χ0) is 19.3. The smallest absolute Gasteiger partial charge is 0.410 e. The molecule has 1 amide bonds. The largest absolute Gasteiger partial charge is 0.490 e. The molecule has 1 heterocycles. The third-order valence-electron chi connectivity index (χ3n) is 5.99. The first-order valence-corrected chi connectivity index (χ1v) is 10.4. The topological polar surface area (TPSA) is 38.8 Å². The van der Waals surface area contributed by atoms with Crippen LogP contribution in [-0.2, 0) is 11.3 Å². The van der Waals surface area contributed by atoms with Crippen LogP contribution in [0.25, 0.3) is 0 Å². The summed E-state index contributed by atoms with van der Waals surface area (Å²) in [6.07, 6.45) is 6.39. The zero-order valence-corrected chi connectivity index (χ0v) is 16.5. The van der Waals surface area contributed by atoms with Crippen LogP contribution in [0.15, 0.2) is 54.6 Å². The van der Waals surface area contributed by atoms with Crippen molar-refractivity contribution in [3.05, 3.63) is 65.7 Å². The number of carbonyl (C=O) groups excluding carboxylic acids is 1. The van der Waals surface area contributed by atoms with Gasteiger partial charge in [0, 0.05) is 6.54 Å². The highest BCUT2D eigenvalue weighted by Crippen LogP contribution is 2.30. The van der Waals surface area contributed by atoms with Gasteiger partial charge in [0.15, 0.2) is 0 Å². The lowest BCUT2D eigenvalue weighted by Crippen LogP contribution is -2.25. The van der Waals surface area contributed by atoms with Crippen molar-refractivity contribution in [3.63, 3.8) is 0 Å². The van der Waals surface area contributed by atoms with E-state index in [0.717, 1.165) is 16.9 Å². The molecule has 28 heavy (non-hydrogen) atoms. The van der Waals surface area contributed by atoms with Gasteiger partial charge in [-0.05, 0) is 48.9 Å². The van der Waals surface area contributed by atoms with E-state index in [0.29, 0.717) is 19.0 Å². The molecular formula is C24H29NO3. The third kappa shape index (κ3) is 4.49. The molecule has 1 aliphatic heterocycles. The van der Waals surface area contributed by atoms with Crippen LogP contribution in [0.2, 0.25) is 0 Å². The van der Waals surface area contributed by atoms with Gasteiger partial charge < -0.3 is 9.47 Å². The lowest BCUT2D eigenvalue weighted by Gasteiger charge is -2.28. The fraction of sp³-hybridized carbons (Fsp3) is 0.458. The number of ether oxygens (including phenoxy) is 2. The number of nitrogens with zero attached hydrogens (tertiary/aromatic N) is 1. The van der Waals surface area contributed by atoms with Crippen molar-refractivity contribution in [2.24, 2.45) is 5.92 Å². The van der Waals surface area contributed by atoms with Gasteiger partial charge in [-0.3, -0.25) is 4.90 Å². The van der Waals surface area contributed by atoms with E-state index in [2.05, 4.69) is 6.92 Å². The lowest BCUT2D eigenvalue weighted by atomic mass is 9.86. The summed E-state index contributed by atoms with van der Waals surface area (Å²) in [6.45, 7) is 3.33. The molecule has 0 spiro atoms. The van der Waals surface area contributed by atoms with Gasteiger partial charge >= 0.3 is 6.09 Å². The second kappa shape index (κ2) is 8.68. The van der Waals surface area contributed by atoms with Crippen molar-refractivity contribution >= 4 is 6.09 Å². The second-order valence-corrected chi connectivity index (χ2v) is 8.03. The highest BCUT2D eigenvalue weighted by molar-refractivity contribution is 5.70. The van der Waals surface area contributed by atoms with Gasteiger partial charge in [-0.2, -0.15) is 0 Å². The summed E-state index contributed by atoms with van der Waals surface area (Å²) in [6, 6.07) is 18.0. The monoisotopic (exact) mass is 379 g/mol. The van der Waals surface area contributed by atoms with Crippen molar-refractivity contribution in [1.29, 1.82) is 0 Å². The minimum Gasteiger partial charge on any atom is -0.490 e. The van der Waals surface area contributed by atoms with Crippen LogP contribution in [0.1, 0.15) is 56.3 Å². The van der Waals surface area contributed by atoms with Gasteiger partial charge in [0.05, 0.1) is 12.6 Å². The molecule has 0 aromatic heterocycles. The minimum absolute atomic E-state index is 0.187. The van der Waals surface area contributed by atoms with Crippen molar-refractivity contribution < 1.29 is 14.3 Å². The van der Waals surface area contributed by atoms with Crippen molar-refractivity contribution in [1.82, 2.24) is 4.90 Å². The van der Waals surface area contributed by atoms with Crippen molar-refractivity contribution in [3.8, 4) is 5.75 Å². The van der Waals surface area contributed by atoms with Crippen LogP contribution in [0, 0.1) is 5.92 Å². The SMILES string of the molecule is CC(Oc1ccc(CN2CC(c3ccccc3)OC2=O)cc1)C1CCCCC1. The standard InChI is InChI=1S/C24H29NO3/c1-18(20-8-4-2-5-9-20)27-22-14-12-19(13-15-22)16-25-17-23(28-24(25)26)21-10-6-3-7-11-21/h3,6-7,10-15,18,20,23H,2,4-5,8-9,16-17H2,1H3. The van der Waals surface area contributed by atoms with E-state index < -0.39 is 0 Å². The normalized spacial score (nSPS) is 21.4. The molecule has 4 heteroatoms. The lowest BCUT2D eigenvalue weighted by molar-refractivity contribution is 0.123. The van der Waals surface area contributed by atoms with Crippen molar-refractivity contribution in [2.75, 3.05) is 6.54 Å². The molecule has 148 valence electrons. The molecule has 0 N–H and O–H groups in total. The Labute approximate surface area is 167 Å². The molecule has 2 aromatic rings. The first-order chi connectivity index (χ1) is 13.7. The fourth-order valence-corrected chi connectivity index (χ4v) is 4.29. The molecule has 1 aliphatic carbocycles. The summed E-state index contributed by atoms with van der Waals surface area (Å²) in [7, 11) is 0. The minimum atomic E-state index is -0.250. The maximum atomic E-state index is 12.2. The van der Waals surface area contributed by atoms with E-state index in [1.54, 1.807) is 4.90 Å². The molecule has 4 rings (SSSR count). The number of amides is 1. The quantitative estimate of drug-likeness (QED) is 0.643. The summed E-state index contributed by atoms with van der Waals surface area (Å²) in [5.41, 5.74) is 2.13. The Morgan fingerprint density at radius 3 is 2.46 bits per heavy atom. The highest BCUT2D eigenvalue weighted by Gasteiger charge is 2.32. The average Bonchev–Trinajstić information content (AvgIpc) is 3.11. The molecule has 4 nitrogen and oxygen atoms in total. The first-order valence-electron chi connectivity index (χ1n) is 10.4. The van der Waals surface area contributed by atoms with Gasteiger partial charge in [0.1, 0.15) is 11.9 Å². The predicted octanol–water partition coefficient (Wildman–Crippen LogP) is 5.73. The molecule has 0 radical (unpaired) electrons. The maximum Gasteiger partial charge on any atom is 0.410 e. The van der Waals surface area contributed by atoms with Gasteiger partial charge in [0.2, 0.25) is 0 Å². The predicted molar refractivity (Wildman–Crippen MR) is 109 cm³/mol. The van der Waals surface area contributed by atoms with E-state index >= 15 is 0 Å². The molecule has 2 atom stereocenters. The molecule has 2 unspecified atom stereocenters. The number of hydrogen-bond donors (Lipinski definition) is 0. The van der Waals surface area contributed by atoms with Crippen LogP contribution < -0.4 is 4.74 Å². The molecule has 2 aliphatic rings. The zero-order valence-electron chi connectivity index (χ0n) is 16.5. The van der Waals surface area contributed by atoms with Gasteiger partial charge in [0.25, 0.3) is 0 Å². The van der Waals surface area contributed by atoms with Gasteiger partial charge in [-0.25, -0.2) is 4.79 Å². The van der Waals surface area contributed by atoms with Crippen molar-refractivity contribution in [2.45, 2.75) is 57.8 Å². The first kappa shape index (κ1) is 18.9. The second-order valence-electron chi connectivity index (χ2n) is 8.03. The molecule has 2 aromatic carbocycles. The van der Waals surface area contributed by atoms with E-state index in [1.165, 1.54) is 32.1 Å². The summed E-state index contributed by atoms with van der Waals surface area (Å²) in [5.74, 6) is 1.58. The van der Waals surface area contributed by atoms with E-state index in [-0.39, 0.29) is 18.3 Å². The molecule has 2 fully saturated rings. The summed E-state index contributed by atoms with van der Waals surface area (Å²) < 4.78 is 11.7. The third-order valence-corrected chi connectivity index (χ3v) is 5.99. The van der Waals surface area contributed by atoms with Crippen LogP contribution in [0.5, 0.6) is 5.75 Å². The molecule has 1 saturated carbocycles. The van der Waals surface area contributed by atoms with Gasteiger partial charge in [-0.15, -0.1) is 0 Å². The van der Waals surface area contributed by atoms with Crippen LogP contribution in [0.3, 0.4) is 0 Å². The summed E-state index contributed by atoms with van der Waals surface area (Å²) >= 11 is 0. The van der Waals surface area contributed by atoms with Crippen LogP contribution in [0.4, 0.5) is 4.79 Å². The maximum absolute atomic E-state index is 12.2. The Morgan fingerprint density at radius 1 is 1.04 bits per heavy atom. The fourth-order valence-electron chi connectivity index (χ4n) is 4.29. The Bertz CT molecular complexity index is 768. The van der Waals surface area contributed by atoms with Crippen LogP contribution >= 0.6 is 0 Å². The van der Waals surface area contributed by atoms with E-state index in [1.807, 2.05) is 54.6 Å². The number of benzene rings is 2. The number of carbonyl (C=O) groups is 1. The molecule has 0 bridgehead atoms. The number of cyclic esters (lactones) is 1. The Hall–Kier alpha value is -2.49. The van der Waals surface area contributed by atoms with E-state index in [9.17, 15) is 4.79 Å². The molecular weight excluding hydrogens is 350 g/mol. The van der Waals surface area contributed by atoms with Gasteiger partial charge in [-0.1, -0.05) is 61.7 Å². The Kier molecular flexibility index (Phi) is 5.84. The average molecular weight is 380 g/mol.